The van der Waals surface area contributed by atoms with Crippen LogP contribution in [0.15, 0.2) is 18.2 Å². The highest BCUT2D eigenvalue weighted by molar-refractivity contribution is 7.11. The molecule has 0 aliphatic heterocycles. The molecule has 1 aromatic heterocycles. The van der Waals surface area contributed by atoms with Crippen LogP contribution in [-0.2, 0) is 13.2 Å². The predicted octanol–water partition coefficient (Wildman–Crippen LogP) is 3.14. The van der Waals surface area contributed by atoms with E-state index >= 15 is 0 Å². The van der Waals surface area contributed by atoms with Gasteiger partial charge in [-0.1, -0.05) is 12.1 Å². The quantitative estimate of drug-likeness (QED) is 0.921. The van der Waals surface area contributed by atoms with Crippen molar-refractivity contribution in [3.05, 3.63) is 44.9 Å². The fourth-order valence-electron chi connectivity index (χ4n) is 1.72. The van der Waals surface area contributed by atoms with Crippen LogP contribution in [0.2, 0.25) is 0 Å². The van der Waals surface area contributed by atoms with Crippen molar-refractivity contribution in [2.45, 2.75) is 34.0 Å². The van der Waals surface area contributed by atoms with E-state index in [1.165, 1.54) is 16.9 Å². The molecular weight excluding hydrogens is 246 g/mol. The monoisotopic (exact) mass is 263 g/mol. The molecule has 4 heteroatoms. The molecule has 1 N–H and O–H groups in total. The van der Waals surface area contributed by atoms with Crippen molar-refractivity contribution in [3.63, 3.8) is 0 Å². The first-order valence-electron chi connectivity index (χ1n) is 5.87. The van der Waals surface area contributed by atoms with E-state index in [0.29, 0.717) is 6.61 Å². The van der Waals surface area contributed by atoms with E-state index in [-0.39, 0.29) is 6.61 Å². The first-order chi connectivity index (χ1) is 8.61. The van der Waals surface area contributed by atoms with Gasteiger partial charge in [0.25, 0.3) is 0 Å². The highest BCUT2D eigenvalue weighted by Crippen LogP contribution is 2.23. The van der Waals surface area contributed by atoms with Gasteiger partial charge in [0.1, 0.15) is 17.4 Å². The van der Waals surface area contributed by atoms with Crippen LogP contribution in [0.3, 0.4) is 0 Å². The van der Waals surface area contributed by atoms with Crippen molar-refractivity contribution in [2.75, 3.05) is 0 Å². The highest BCUT2D eigenvalue weighted by atomic mass is 32.1. The first-order valence-corrected chi connectivity index (χ1v) is 6.68. The lowest BCUT2D eigenvalue weighted by Gasteiger charge is -2.09. The summed E-state index contributed by atoms with van der Waals surface area (Å²) in [5.41, 5.74) is 3.27. The third-order valence-electron chi connectivity index (χ3n) is 2.99. The number of benzene rings is 1. The molecule has 0 aliphatic carbocycles. The van der Waals surface area contributed by atoms with Gasteiger partial charge in [-0.3, -0.25) is 0 Å². The fourth-order valence-corrected chi connectivity index (χ4v) is 2.56. The van der Waals surface area contributed by atoms with Gasteiger partial charge < -0.3 is 9.84 Å². The molecule has 96 valence electrons. The molecule has 1 aromatic carbocycles. The third kappa shape index (κ3) is 2.71. The fraction of sp³-hybridized carbons (Fsp3) is 0.357. The lowest BCUT2D eigenvalue weighted by Crippen LogP contribution is -1.97. The van der Waals surface area contributed by atoms with Crippen LogP contribution in [0.4, 0.5) is 0 Å². The van der Waals surface area contributed by atoms with Crippen LogP contribution in [0.25, 0.3) is 0 Å². The average Bonchev–Trinajstić information content (AvgIpc) is 2.72. The lowest BCUT2D eigenvalue weighted by molar-refractivity contribution is 0.284. The Hall–Kier alpha value is -1.39. The van der Waals surface area contributed by atoms with E-state index in [9.17, 15) is 0 Å². The average molecular weight is 263 g/mol. The van der Waals surface area contributed by atoms with E-state index in [1.807, 2.05) is 19.1 Å². The molecule has 3 nitrogen and oxygen atoms in total. The Morgan fingerprint density at radius 2 is 2.06 bits per heavy atom. The van der Waals surface area contributed by atoms with E-state index in [4.69, 9.17) is 9.84 Å². The molecule has 18 heavy (non-hydrogen) atoms. The summed E-state index contributed by atoms with van der Waals surface area (Å²) < 4.78 is 5.78. The number of ether oxygens (including phenoxy) is 1. The summed E-state index contributed by atoms with van der Waals surface area (Å²) in [6.07, 6.45) is 0. The number of aryl methyl sites for hydroxylation is 2. The number of hydrogen-bond acceptors (Lipinski definition) is 4. The zero-order valence-corrected chi connectivity index (χ0v) is 11.7. The Balaban J connectivity index is 2.09. The Bertz CT molecular complexity index is 549. The maximum Gasteiger partial charge on any atom is 0.140 e. The largest absolute Gasteiger partial charge is 0.486 e. The van der Waals surface area contributed by atoms with Gasteiger partial charge in [-0.05, 0) is 38.0 Å². The van der Waals surface area contributed by atoms with E-state index in [0.717, 1.165) is 26.9 Å². The summed E-state index contributed by atoms with van der Waals surface area (Å²) in [6, 6.07) is 6.03. The number of aliphatic hydroxyl groups excluding tert-OH is 1. The number of nitrogens with zero attached hydrogens (tertiary/aromatic N) is 1. The number of aliphatic hydroxyl groups is 1. The minimum absolute atomic E-state index is 0.0486. The van der Waals surface area contributed by atoms with Gasteiger partial charge in [0, 0.05) is 0 Å². The van der Waals surface area contributed by atoms with Crippen molar-refractivity contribution in [1.29, 1.82) is 0 Å². The molecule has 0 amide bonds. The first kappa shape index (κ1) is 13.1. The van der Waals surface area contributed by atoms with Crippen molar-refractivity contribution < 1.29 is 9.84 Å². The summed E-state index contributed by atoms with van der Waals surface area (Å²) in [5, 5.41) is 10.0. The maximum atomic E-state index is 9.13. The van der Waals surface area contributed by atoms with Gasteiger partial charge in [0.15, 0.2) is 0 Å². The Morgan fingerprint density at radius 3 is 2.72 bits per heavy atom. The maximum absolute atomic E-state index is 9.13. The number of thiazole rings is 1. The number of hydrogen-bond donors (Lipinski definition) is 1. The van der Waals surface area contributed by atoms with Crippen LogP contribution < -0.4 is 4.74 Å². The van der Waals surface area contributed by atoms with E-state index < -0.39 is 0 Å². The zero-order chi connectivity index (χ0) is 13.1. The Kier molecular flexibility index (Phi) is 3.99. The summed E-state index contributed by atoms with van der Waals surface area (Å²) in [4.78, 5) is 5.29. The standard InChI is InChI=1S/C14H17NO2S/c1-9-5-4-6-12(10(9)2)17-8-14-15-11(3)13(7-16)18-14/h4-6,16H,7-8H2,1-3H3. The Morgan fingerprint density at radius 1 is 1.28 bits per heavy atom. The van der Waals surface area contributed by atoms with Gasteiger partial charge >= 0.3 is 0 Å². The van der Waals surface area contributed by atoms with Crippen molar-refractivity contribution in [1.82, 2.24) is 4.98 Å². The summed E-state index contributed by atoms with van der Waals surface area (Å²) in [6.45, 7) is 6.53. The summed E-state index contributed by atoms with van der Waals surface area (Å²) in [7, 11) is 0. The molecular formula is C14H17NO2S. The normalized spacial score (nSPS) is 10.7. The molecule has 2 rings (SSSR count). The van der Waals surface area contributed by atoms with Gasteiger partial charge in [-0.2, -0.15) is 0 Å². The highest BCUT2D eigenvalue weighted by Gasteiger charge is 2.08. The summed E-state index contributed by atoms with van der Waals surface area (Å²) >= 11 is 1.50. The summed E-state index contributed by atoms with van der Waals surface area (Å²) in [5.74, 6) is 0.897. The molecule has 0 bridgehead atoms. The lowest BCUT2D eigenvalue weighted by atomic mass is 10.1. The van der Waals surface area contributed by atoms with Gasteiger partial charge in [0.2, 0.25) is 0 Å². The number of aromatic nitrogens is 1. The van der Waals surface area contributed by atoms with Crippen LogP contribution in [0, 0.1) is 20.8 Å². The topological polar surface area (TPSA) is 42.4 Å². The predicted molar refractivity (Wildman–Crippen MR) is 73.0 cm³/mol. The van der Waals surface area contributed by atoms with Gasteiger partial charge in [-0.15, -0.1) is 11.3 Å². The molecule has 0 saturated heterocycles. The van der Waals surface area contributed by atoms with Crippen molar-refractivity contribution >= 4 is 11.3 Å². The second-order valence-corrected chi connectivity index (χ2v) is 5.43. The molecule has 0 spiro atoms. The van der Waals surface area contributed by atoms with Crippen LogP contribution >= 0.6 is 11.3 Å². The molecule has 2 aromatic rings. The Labute approximate surface area is 111 Å². The van der Waals surface area contributed by atoms with Crippen LogP contribution in [0.5, 0.6) is 5.75 Å². The minimum Gasteiger partial charge on any atom is -0.486 e. The van der Waals surface area contributed by atoms with E-state index in [1.54, 1.807) is 0 Å². The molecule has 0 radical (unpaired) electrons. The molecule has 0 fully saturated rings. The second kappa shape index (κ2) is 5.50. The smallest absolute Gasteiger partial charge is 0.140 e. The minimum atomic E-state index is 0.0486. The SMILES string of the molecule is Cc1cccc(OCc2nc(C)c(CO)s2)c1C. The molecule has 0 aliphatic rings. The second-order valence-electron chi connectivity index (χ2n) is 4.26. The molecule has 0 unspecified atom stereocenters. The third-order valence-corrected chi connectivity index (χ3v) is 4.10. The van der Waals surface area contributed by atoms with Crippen molar-refractivity contribution in [3.8, 4) is 5.75 Å². The van der Waals surface area contributed by atoms with Crippen LogP contribution in [0.1, 0.15) is 26.7 Å². The van der Waals surface area contributed by atoms with Gasteiger partial charge in [0.05, 0.1) is 17.2 Å². The van der Waals surface area contributed by atoms with Gasteiger partial charge in [-0.25, -0.2) is 4.98 Å². The van der Waals surface area contributed by atoms with E-state index in [2.05, 4.69) is 24.9 Å². The zero-order valence-electron chi connectivity index (χ0n) is 10.9. The number of rotatable bonds is 4. The molecule has 1 heterocycles. The molecule has 0 saturated carbocycles. The molecule has 0 atom stereocenters. The van der Waals surface area contributed by atoms with Crippen molar-refractivity contribution in [2.24, 2.45) is 0 Å². The van der Waals surface area contributed by atoms with Crippen LogP contribution in [-0.4, -0.2) is 10.1 Å².